The van der Waals surface area contributed by atoms with E-state index < -0.39 is 12.0 Å². The van der Waals surface area contributed by atoms with E-state index in [2.05, 4.69) is 50.2 Å². The van der Waals surface area contributed by atoms with E-state index in [1.54, 1.807) is 25.5 Å². The molecule has 1 aromatic heterocycles. The smallest absolute Gasteiger partial charge is 0.338 e. The van der Waals surface area contributed by atoms with Crippen LogP contribution in [0.5, 0.6) is 11.5 Å². The minimum Gasteiger partial charge on any atom is -0.495 e. The van der Waals surface area contributed by atoms with Crippen LogP contribution in [0.3, 0.4) is 0 Å². The zero-order chi connectivity index (χ0) is 26.9. The number of nitrogens with zero attached hydrogens (tertiary/aromatic N) is 2. The first kappa shape index (κ1) is 27.8. The van der Waals surface area contributed by atoms with Gasteiger partial charge in [0.15, 0.2) is 4.80 Å². The van der Waals surface area contributed by atoms with Crippen molar-refractivity contribution in [3.63, 3.8) is 0 Å². The van der Waals surface area contributed by atoms with Crippen molar-refractivity contribution >= 4 is 68.6 Å². The molecular formula is C27H26I2N2O5S. The second kappa shape index (κ2) is 11.7. The highest BCUT2D eigenvalue weighted by molar-refractivity contribution is 14.1. The zero-order valence-corrected chi connectivity index (χ0v) is 26.1. The quantitative estimate of drug-likeness (QED) is 0.257. The Morgan fingerprint density at radius 3 is 2.65 bits per heavy atom. The summed E-state index contributed by atoms with van der Waals surface area (Å²) in [7, 11) is 1.62. The third kappa shape index (κ3) is 5.65. The number of hydrogen-bond acceptors (Lipinski definition) is 7. The first-order chi connectivity index (χ1) is 17.7. The van der Waals surface area contributed by atoms with Gasteiger partial charge in [-0.15, -0.1) is 0 Å². The van der Waals surface area contributed by atoms with Gasteiger partial charge in [-0.2, -0.15) is 0 Å². The Balaban J connectivity index is 2.01. The number of methoxy groups -OCH3 is 1. The van der Waals surface area contributed by atoms with Crippen LogP contribution in [0.25, 0.3) is 6.08 Å². The van der Waals surface area contributed by atoms with Crippen molar-refractivity contribution in [3.8, 4) is 11.5 Å². The number of rotatable bonds is 7. The van der Waals surface area contributed by atoms with Gasteiger partial charge in [0.25, 0.3) is 5.56 Å². The summed E-state index contributed by atoms with van der Waals surface area (Å²) < 4.78 is 21.2. The molecule has 0 aliphatic carbocycles. The van der Waals surface area contributed by atoms with Gasteiger partial charge < -0.3 is 14.2 Å². The molecule has 0 N–H and O–H groups in total. The minimum absolute atomic E-state index is 0.0939. The van der Waals surface area contributed by atoms with Crippen LogP contribution in [0.2, 0.25) is 0 Å². The molecule has 0 saturated carbocycles. The molecular weight excluding hydrogens is 718 g/mol. The second-order valence-corrected chi connectivity index (χ2v) is 11.9. The summed E-state index contributed by atoms with van der Waals surface area (Å²) in [6, 6.07) is 10.7. The second-order valence-electron chi connectivity index (χ2n) is 8.52. The molecule has 0 saturated heterocycles. The maximum absolute atomic E-state index is 14.0. The normalized spacial score (nSPS) is 15.5. The van der Waals surface area contributed by atoms with Crippen LogP contribution in [0.4, 0.5) is 0 Å². The fourth-order valence-corrected chi connectivity index (χ4v) is 7.34. The molecule has 1 aliphatic heterocycles. The highest BCUT2D eigenvalue weighted by Gasteiger charge is 2.35. The fourth-order valence-electron chi connectivity index (χ4n) is 4.20. The molecule has 0 amide bonds. The monoisotopic (exact) mass is 744 g/mol. The number of esters is 1. The molecule has 3 aromatic rings. The van der Waals surface area contributed by atoms with E-state index in [1.165, 1.54) is 11.3 Å². The molecule has 0 unspecified atom stereocenters. The lowest BCUT2D eigenvalue weighted by atomic mass is 9.95. The van der Waals surface area contributed by atoms with Crippen LogP contribution >= 0.6 is 56.5 Å². The molecule has 4 rings (SSSR count). The predicted molar refractivity (Wildman–Crippen MR) is 161 cm³/mol. The van der Waals surface area contributed by atoms with Crippen LogP contribution in [0.1, 0.15) is 44.9 Å². The number of benzene rings is 2. The van der Waals surface area contributed by atoms with Gasteiger partial charge in [0, 0.05) is 14.7 Å². The number of carbonyl (C=O) groups excluding carboxylic acids is 1. The lowest BCUT2D eigenvalue weighted by Crippen LogP contribution is -2.40. The van der Waals surface area contributed by atoms with Crippen LogP contribution in [0, 0.1) is 7.14 Å². The molecule has 2 aromatic carbocycles. The Labute approximate surface area is 246 Å². The van der Waals surface area contributed by atoms with Gasteiger partial charge in [-0.3, -0.25) is 9.36 Å². The van der Waals surface area contributed by atoms with Gasteiger partial charge in [0.1, 0.15) is 17.5 Å². The SMILES string of the molecule is CCOC(=O)C1=C(C)N=c2s/c(=C\c3cc(I)cc(I)c3OC)c(=O)n2[C@H]1c1ccccc1OC(C)C. The van der Waals surface area contributed by atoms with Crippen LogP contribution in [0.15, 0.2) is 57.5 Å². The lowest BCUT2D eigenvalue weighted by molar-refractivity contribution is -0.139. The average molecular weight is 744 g/mol. The molecule has 1 aliphatic rings. The summed E-state index contributed by atoms with van der Waals surface area (Å²) in [5.74, 6) is 0.793. The van der Waals surface area contributed by atoms with Crippen LogP contribution in [-0.4, -0.2) is 30.4 Å². The lowest BCUT2D eigenvalue weighted by Gasteiger charge is -2.26. The number of thiazole rings is 1. The Bertz CT molecular complexity index is 1570. The van der Waals surface area contributed by atoms with Gasteiger partial charge in [-0.25, -0.2) is 9.79 Å². The molecule has 0 radical (unpaired) electrons. The van der Waals surface area contributed by atoms with Crippen LogP contribution < -0.4 is 24.4 Å². The summed E-state index contributed by atoms with van der Waals surface area (Å²) >= 11 is 5.75. The average Bonchev–Trinajstić information content (AvgIpc) is 3.12. The molecule has 2 heterocycles. The van der Waals surface area contributed by atoms with E-state index in [4.69, 9.17) is 14.2 Å². The number of ether oxygens (including phenoxy) is 3. The van der Waals surface area contributed by atoms with E-state index >= 15 is 0 Å². The molecule has 0 spiro atoms. The zero-order valence-electron chi connectivity index (χ0n) is 21.0. The summed E-state index contributed by atoms with van der Waals surface area (Å²) in [6.07, 6.45) is 1.73. The van der Waals surface area contributed by atoms with Gasteiger partial charge in [0.05, 0.1) is 39.2 Å². The van der Waals surface area contributed by atoms with Gasteiger partial charge in [0.2, 0.25) is 0 Å². The third-order valence-corrected chi connectivity index (χ3v) is 8.03. The van der Waals surface area contributed by atoms with Gasteiger partial charge in [-0.05, 0) is 97.2 Å². The molecule has 0 bridgehead atoms. The summed E-state index contributed by atoms with van der Waals surface area (Å²) in [5, 5.41) is 0. The standard InChI is InChI=1S/C27H26I2N2O5S/c1-6-35-26(33)22-15(4)30-27-31(23(22)18-9-7-8-10-20(18)36-14(2)3)25(32)21(37-27)12-16-11-17(28)13-19(29)24(16)34-5/h7-14,23H,6H2,1-5H3/b21-12-/t23-/m0/s1. The van der Waals surface area contributed by atoms with Crippen molar-refractivity contribution in [1.29, 1.82) is 0 Å². The highest BCUT2D eigenvalue weighted by atomic mass is 127. The Morgan fingerprint density at radius 1 is 1.24 bits per heavy atom. The Morgan fingerprint density at radius 2 is 1.97 bits per heavy atom. The van der Waals surface area contributed by atoms with Crippen molar-refractivity contribution in [1.82, 2.24) is 4.57 Å². The van der Waals surface area contributed by atoms with Crippen molar-refractivity contribution in [2.75, 3.05) is 13.7 Å². The number of carbonyl (C=O) groups is 1. The molecule has 1 atom stereocenters. The van der Waals surface area contributed by atoms with E-state index in [1.807, 2.05) is 56.3 Å². The van der Waals surface area contributed by atoms with Crippen molar-refractivity contribution < 1.29 is 19.0 Å². The molecule has 37 heavy (non-hydrogen) atoms. The maximum Gasteiger partial charge on any atom is 0.338 e. The molecule has 10 heteroatoms. The van der Waals surface area contributed by atoms with E-state index in [9.17, 15) is 9.59 Å². The third-order valence-electron chi connectivity index (χ3n) is 5.62. The summed E-state index contributed by atoms with van der Waals surface area (Å²) in [6.45, 7) is 7.61. The molecule has 7 nitrogen and oxygen atoms in total. The number of hydrogen-bond donors (Lipinski definition) is 0. The predicted octanol–water partition coefficient (Wildman–Crippen LogP) is 4.80. The van der Waals surface area contributed by atoms with E-state index in [-0.39, 0.29) is 18.3 Å². The largest absolute Gasteiger partial charge is 0.495 e. The van der Waals surface area contributed by atoms with Crippen molar-refractivity contribution in [2.24, 2.45) is 4.99 Å². The number of para-hydroxylation sites is 1. The fraction of sp³-hybridized carbons (Fsp3) is 0.296. The van der Waals surface area contributed by atoms with Gasteiger partial charge >= 0.3 is 5.97 Å². The van der Waals surface area contributed by atoms with Gasteiger partial charge in [-0.1, -0.05) is 29.5 Å². The minimum atomic E-state index is -0.745. The first-order valence-corrected chi connectivity index (χ1v) is 14.6. The van der Waals surface area contributed by atoms with E-state index in [0.29, 0.717) is 37.7 Å². The highest BCUT2D eigenvalue weighted by Crippen LogP contribution is 2.36. The van der Waals surface area contributed by atoms with Crippen molar-refractivity contribution in [2.45, 2.75) is 39.8 Å². The number of fused-ring (bicyclic) bond motifs is 1. The first-order valence-electron chi connectivity index (χ1n) is 11.6. The van der Waals surface area contributed by atoms with E-state index in [0.717, 1.165) is 12.7 Å². The summed E-state index contributed by atoms with van der Waals surface area (Å²) in [4.78, 5) is 32.3. The number of halogens is 2. The molecule has 0 fully saturated rings. The number of allylic oxidation sites excluding steroid dienone is 1. The topological polar surface area (TPSA) is 79.1 Å². The Kier molecular flexibility index (Phi) is 8.79. The summed E-state index contributed by atoms with van der Waals surface area (Å²) in [5.41, 5.74) is 2.07. The molecule has 194 valence electrons. The number of aromatic nitrogens is 1. The van der Waals surface area contributed by atoms with Crippen LogP contribution in [-0.2, 0) is 9.53 Å². The maximum atomic E-state index is 14.0. The van der Waals surface area contributed by atoms with Crippen molar-refractivity contribution in [3.05, 3.63) is 85.6 Å². The Hall–Kier alpha value is -2.19.